The molecule has 6 aromatic carbocycles. The zero-order valence-corrected chi connectivity index (χ0v) is 69.3. The van der Waals surface area contributed by atoms with E-state index in [1.807, 2.05) is 127 Å². The molecule has 0 radical (unpaired) electrons. The minimum absolute atomic E-state index is 0.538. The van der Waals surface area contributed by atoms with Crippen LogP contribution in [0.1, 0.15) is 65.4 Å². The van der Waals surface area contributed by atoms with Crippen LogP contribution in [0.25, 0.3) is 85.5 Å². The predicted molar refractivity (Wildman–Crippen MR) is 467 cm³/mol. The normalized spacial score (nSPS) is 12.0. The van der Waals surface area contributed by atoms with Crippen molar-refractivity contribution < 1.29 is 19.9 Å². The number of hydrogen-bond donors (Lipinski definition) is 7. The van der Waals surface area contributed by atoms with Crippen LogP contribution in [0.3, 0.4) is 0 Å². The van der Waals surface area contributed by atoms with Gasteiger partial charge in [0.25, 0.3) is 0 Å². The number of thiophene rings is 3. The van der Waals surface area contributed by atoms with E-state index in [0.717, 1.165) is 119 Å². The van der Waals surface area contributed by atoms with Gasteiger partial charge in [0.1, 0.15) is 29.2 Å². The van der Waals surface area contributed by atoms with E-state index in [0.29, 0.717) is 17.5 Å². The largest absolute Gasteiger partial charge is 0.363 e. The Hall–Kier alpha value is -11.7. The molecule has 0 unspecified atom stereocenters. The van der Waals surface area contributed by atoms with Crippen molar-refractivity contribution in [2.75, 3.05) is 68.5 Å². The summed E-state index contributed by atoms with van der Waals surface area (Å²) in [5.74, 6) is 4.75. The molecular formula is C88H93Cl2N17O2S3+2. The second kappa shape index (κ2) is 37.4. The number of amidine groups is 4. The highest BCUT2D eigenvalue weighted by Gasteiger charge is 2.17. The Morgan fingerprint density at radius 3 is 1.25 bits per heavy atom. The van der Waals surface area contributed by atoms with Gasteiger partial charge in [0.2, 0.25) is 24.8 Å². The summed E-state index contributed by atoms with van der Waals surface area (Å²) >= 11 is 17.1. The van der Waals surface area contributed by atoms with Crippen LogP contribution in [0, 0.1) is 66.2 Å². The topological polar surface area (TPSA) is 233 Å². The summed E-state index contributed by atoms with van der Waals surface area (Å²) in [6, 6.07) is 57.2. The van der Waals surface area contributed by atoms with Gasteiger partial charge in [0, 0.05) is 236 Å². The first kappa shape index (κ1) is 81.3. The second-order valence-corrected chi connectivity index (χ2v) is 32.5. The van der Waals surface area contributed by atoms with Crippen LogP contribution in [0.4, 0.5) is 0 Å². The van der Waals surface area contributed by atoms with Gasteiger partial charge in [-0.15, -0.1) is 34.0 Å². The summed E-state index contributed by atoms with van der Waals surface area (Å²) in [7, 11) is 11.8. The fourth-order valence-electron chi connectivity index (χ4n) is 12.3. The molecule has 2 aliphatic heterocycles. The predicted octanol–water partition coefficient (Wildman–Crippen LogP) is 19.5. The Bertz CT molecular complexity index is 5530. The van der Waals surface area contributed by atoms with Crippen molar-refractivity contribution in [1.82, 2.24) is 54.5 Å². The Balaban J connectivity index is 0.000000127. The van der Waals surface area contributed by atoms with Crippen molar-refractivity contribution in [3.63, 3.8) is 0 Å². The summed E-state index contributed by atoms with van der Waals surface area (Å²) in [6.45, 7) is 20.2. The highest BCUT2D eigenvalue weighted by molar-refractivity contribution is 7.19. The first-order chi connectivity index (χ1) is 53.6. The van der Waals surface area contributed by atoms with Gasteiger partial charge in [-0.2, -0.15) is 0 Å². The number of aryl methyl sites for hydroxylation is 8. The molecule has 0 spiro atoms. The van der Waals surface area contributed by atoms with Crippen LogP contribution < -0.4 is 9.46 Å². The average Bonchev–Trinajstić information content (AvgIpc) is 1.68. The number of likely N-dealkylation sites (N-methyl/N-ethyl adjacent to an activating group) is 2. The van der Waals surface area contributed by atoms with E-state index in [1.165, 1.54) is 83.7 Å². The number of fused-ring (bicyclic) bond motifs is 6. The number of pyridine rings is 2. The number of nitrogens with one attached hydrogen (secondary N) is 5. The lowest BCUT2D eigenvalue weighted by atomic mass is 10.1. The Morgan fingerprint density at radius 1 is 0.411 bits per heavy atom. The van der Waals surface area contributed by atoms with Crippen molar-refractivity contribution >= 4 is 144 Å². The maximum absolute atomic E-state index is 9.03. The van der Waals surface area contributed by atoms with Gasteiger partial charge >= 0.3 is 0 Å². The van der Waals surface area contributed by atoms with Gasteiger partial charge in [0.15, 0.2) is 5.82 Å². The molecule has 19 nitrogen and oxygen atoms in total. The molecule has 7 N–H and O–H groups in total. The van der Waals surface area contributed by atoms with Gasteiger partial charge in [-0.05, 0) is 228 Å². The molecule has 2 aliphatic rings. The van der Waals surface area contributed by atoms with Gasteiger partial charge in [-0.25, -0.2) is 19.9 Å². The first-order valence-corrected chi connectivity index (χ1v) is 39.5. The van der Waals surface area contributed by atoms with E-state index < -0.39 is 0 Å². The molecule has 12 heterocycles. The highest BCUT2D eigenvalue weighted by Crippen LogP contribution is 2.30. The summed E-state index contributed by atoms with van der Waals surface area (Å²) in [5, 5.41) is 42.9. The third-order valence-electron chi connectivity index (χ3n) is 18.0. The number of aromatic amines is 3. The second-order valence-electron chi connectivity index (χ2n) is 27.7. The third kappa shape index (κ3) is 21.9. The number of hydrogen-bond acceptors (Lipinski definition) is 15. The van der Waals surface area contributed by atoms with Gasteiger partial charge in [-0.3, -0.25) is 31.2 Å². The number of nitrogens with zero attached hydrogens (tertiary/aromatic N) is 12. The van der Waals surface area contributed by atoms with Crippen LogP contribution >= 0.6 is 57.2 Å². The van der Waals surface area contributed by atoms with E-state index >= 15 is 0 Å². The Labute approximate surface area is 675 Å². The summed E-state index contributed by atoms with van der Waals surface area (Å²) in [6.07, 6.45) is 13.3. The lowest BCUT2D eigenvalue weighted by Crippen LogP contribution is -2.27. The van der Waals surface area contributed by atoms with Crippen LogP contribution in [-0.4, -0.2) is 157 Å². The molecule has 10 aromatic heterocycles. The molecule has 0 amide bonds. The zero-order chi connectivity index (χ0) is 79.9. The molecule has 112 heavy (non-hydrogen) atoms. The third-order valence-corrected chi connectivity index (χ3v) is 21.5. The maximum Gasteiger partial charge on any atom is 0.222 e. The van der Waals surface area contributed by atoms with Crippen molar-refractivity contribution in [2.45, 2.75) is 55.4 Å². The molecule has 0 fully saturated rings. The quantitative estimate of drug-likeness (QED) is 0.0360. The molecule has 0 atom stereocenters. The standard InChI is InChI=1S/C13H15N3.C13H14N2S.C12H15N3.C12H14N2S.2C10H10N3O.C9H8ClN.C9H7ClS/c1-9-7-11-8-10(3-4-12(11)15-9)13-14-5-6-16(13)2;1-9-7-11-8-10(3-4-12(11)16-9)13-14-5-6-15(13)2;1-8-6-10-7-9(12(13)15(2)3)4-5-11(10)14-8;1-8-6-10-7-9(12(13)14(2)3)4-5-11(10)15-8;1-8-11-6-10(7-12-8)9-2-4-13(14)5-3-9;1-8-6-11-10(12-7-8)9-2-4-13(14)5-3-9;2*1-6-4-7-5-8(10)2-3-9(7)11-6/h3-4,7-8,15H,5-6H2,1-2H3;3-4,7-8H,5-6H2,1-2H3;4-7,13-14H,1-3H3;4-7,13H,1-3H3;2*2-7,14H,1H3;2-5,11H,1H3;2-5H,1H3/q;;;;2*+1;;. The van der Waals surface area contributed by atoms with Crippen molar-refractivity contribution in [3.8, 4) is 22.5 Å². The van der Waals surface area contributed by atoms with Crippen LogP contribution in [0.2, 0.25) is 10.0 Å². The lowest BCUT2D eigenvalue weighted by molar-refractivity contribution is -0.904. The van der Waals surface area contributed by atoms with E-state index in [-0.39, 0.29) is 0 Å². The summed E-state index contributed by atoms with van der Waals surface area (Å²) in [5.41, 5.74) is 15.2. The molecule has 0 aliphatic carbocycles. The monoisotopic (exact) mass is 1590 g/mol. The lowest BCUT2D eigenvalue weighted by Gasteiger charge is -2.13. The van der Waals surface area contributed by atoms with Crippen LogP contribution in [0.15, 0.2) is 229 Å². The Morgan fingerprint density at radius 2 is 0.777 bits per heavy atom. The number of aliphatic imine (C=N–C) groups is 2. The molecule has 0 saturated carbocycles. The zero-order valence-electron chi connectivity index (χ0n) is 65.4. The van der Waals surface area contributed by atoms with E-state index in [4.69, 9.17) is 44.4 Å². The fraction of sp³-hybridized carbons (Fsp3) is 0.205. The highest BCUT2D eigenvalue weighted by atomic mass is 35.5. The molecule has 0 saturated heterocycles. The summed E-state index contributed by atoms with van der Waals surface area (Å²) in [4.78, 5) is 47.5. The number of rotatable bonds is 6. The minimum Gasteiger partial charge on any atom is -0.363 e. The number of H-pyrrole nitrogens is 3. The van der Waals surface area contributed by atoms with Gasteiger partial charge < -0.3 is 34.6 Å². The first-order valence-electron chi connectivity index (χ1n) is 36.3. The molecule has 16 aromatic rings. The SMILES string of the molecule is Cc1cc2cc(C(=N)N(C)C)ccc2[nH]1.Cc1cc2cc(C(=N)N(C)C)ccc2s1.Cc1cc2cc(C3=NCCN3C)ccc2[nH]1.Cc1cc2cc(C3=NCCN3C)ccc2s1.Cc1cc2cc(Cl)ccc2[nH]1.Cc1cc2cc(Cl)ccc2s1.Cc1cnc(-c2cc[n+](O)cc2)nc1.Cc1ncc(-c2cc[n+](O)cc2)cn1. The van der Waals surface area contributed by atoms with E-state index in [9.17, 15) is 0 Å². The smallest absolute Gasteiger partial charge is 0.222 e. The van der Waals surface area contributed by atoms with Gasteiger partial charge in [0.05, 0.1) is 13.1 Å². The molecule has 18 rings (SSSR count). The molecular weight excluding hydrogens is 1490 g/mol. The average molecular weight is 1590 g/mol. The van der Waals surface area contributed by atoms with E-state index in [1.54, 1.807) is 101 Å². The molecule has 0 bridgehead atoms. The van der Waals surface area contributed by atoms with Crippen molar-refractivity contribution in [1.29, 1.82) is 10.8 Å². The maximum atomic E-state index is 9.03. The van der Waals surface area contributed by atoms with Crippen molar-refractivity contribution in [3.05, 3.63) is 295 Å². The molecule has 572 valence electrons. The molecule has 24 heteroatoms. The number of aromatic nitrogens is 9. The fourth-order valence-corrected chi connectivity index (χ4v) is 15.4. The van der Waals surface area contributed by atoms with Crippen molar-refractivity contribution in [2.24, 2.45) is 9.98 Å². The van der Waals surface area contributed by atoms with Gasteiger partial charge in [-0.1, -0.05) is 23.2 Å². The minimum atomic E-state index is 0.538. The van der Waals surface area contributed by atoms with Crippen LogP contribution in [-0.2, 0) is 0 Å². The van der Waals surface area contributed by atoms with Crippen LogP contribution in [0.5, 0.6) is 0 Å². The number of benzene rings is 6. The summed E-state index contributed by atoms with van der Waals surface area (Å²) < 4.78 is 5.95. The number of halogens is 2. The Kier molecular flexibility index (Phi) is 27.1. The van der Waals surface area contributed by atoms with E-state index in [2.05, 4.69) is 187 Å².